The summed E-state index contributed by atoms with van der Waals surface area (Å²) in [5, 5.41) is 22.0. The number of Topliss-reactive ketones (excluding diaryl/α,β-unsaturated/α-hetero) is 1. The molecule has 3 N–H and O–H groups in total. The summed E-state index contributed by atoms with van der Waals surface area (Å²) in [6, 6.07) is 13.3. The first-order valence-corrected chi connectivity index (χ1v) is 13.8. The molecule has 5 rings (SSSR count). The standard InChI is InChI=1S/C27H26N6O3S2/c1-15-6-8-16(9-7-15)30-21(35)14-37-26-32-31-25(38-26)33-18-11-27(2,3)12-19(34)23(18)22(17(13-28)24(33)29)20-5-4-10-36-20/h4-10,22H,11-12,14,29H2,1-3H3,(H,30,35). The first kappa shape index (κ1) is 25.8. The summed E-state index contributed by atoms with van der Waals surface area (Å²) in [5.41, 5.74) is 9.57. The van der Waals surface area contributed by atoms with E-state index < -0.39 is 5.92 Å². The molecule has 9 nitrogen and oxygen atoms in total. The van der Waals surface area contributed by atoms with E-state index in [2.05, 4.69) is 21.6 Å². The van der Waals surface area contributed by atoms with Crippen molar-refractivity contribution in [3.05, 3.63) is 76.6 Å². The van der Waals surface area contributed by atoms with Crippen molar-refractivity contribution in [2.24, 2.45) is 11.1 Å². The summed E-state index contributed by atoms with van der Waals surface area (Å²) in [6.07, 6.45) is 2.43. The van der Waals surface area contributed by atoms with Crippen LogP contribution in [0.5, 0.6) is 0 Å². The summed E-state index contributed by atoms with van der Waals surface area (Å²) in [5.74, 6) is -0.0320. The average molecular weight is 547 g/mol. The fourth-order valence-electron chi connectivity index (χ4n) is 4.78. The molecule has 1 aromatic carbocycles. The molecule has 0 saturated heterocycles. The Morgan fingerprint density at radius 3 is 2.74 bits per heavy atom. The lowest BCUT2D eigenvalue weighted by Crippen LogP contribution is -2.42. The molecule has 0 bridgehead atoms. The highest BCUT2D eigenvalue weighted by molar-refractivity contribution is 8.01. The van der Waals surface area contributed by atoms with Gasteiger partial charge in [0, 0.05) is 23.4 Å². The van der Waals surface area contributed by atoms with Gasteiger partial charge in [-0.3, -0.25) is 14.5 Å². The van der Waals surface area contributed by atoms with Crippen LogP contribution in [0.25, 0.3) is 0 Å². The van der Waals surface area contributed by atoms with Crippen LogP contribution < -0.4 is 16.0 Å². The van der Waals surface area contributed by atoms with Gasteiger partial charge in [0.2, 0.25) is 11.0 Å². The topological polar surface area (TPSA) is 138 Å². The first-order chi connectivity index (χ1) is 18.2. The van der Waals surface area contributed by atoms with Crippen LogP contribution in [0.2, 0.25) is 0 Å². The number of hydrogen-bond acceptors (Lipinski definition) is 10. The maximum absolute atomic E-state index is 13.5. The average Bonchev–Trinajstić information content (AvgIpc) is 3.55. The smallest absolute Gasteiger partial charge is 0.234 e. The van der Waals surface area contributed by atoms with Gasteiger partial charge in [-0.05, 0) is 43.0 Å². The van der Waals surface area contributed by atoms with Gasteiger partial charge >= 0.3 is 0 Å². The molecule has 1 aliphatic carbocycles. The van der Waals surface area contributed by atoms with Crippen LogP contribution in [0.1, 0.15) is 43.9 Å². The number of nitrogens with one attached hydrogen (secondary N) is 1. The highest BCUT2D eigenvalue weighted by Gasteiger charge is 2.46. The number of carbonyl (C=O) groups excluding carboxylic acids is 2. The van der Waals surface area contributed by atoms with Gasteiger partial charge in [-0.15, -0.1) is 10.2 Å². The maximum Gasteiger partial charge on any atom is 0.234 e. The number of rotatable bonds is 6. The van der Waals surface area contributed by atoms with Crippen molar-refractivity contribution < 1.29 is 14.0 Å². The number of benzene rings is 1. The summed E-state index contributed by atoms with van der Waals surface area (Å²) in [6.45, 7) is 6.05. The highest BCUT2D eigenvalue weighted by Crippen LogP contribution is 2.50. The van der Waals surface area contributed by atoms with Crippen LogP contribution in [-0.2, 0) is 9.59 Å². The van der Waals surface area contributed by atoms with E-state index >= 15 is 0 Å². The van der Waals surface area contributed by atoms with Crippen molar-refractivity contribution in [2.45, 2.75) is 43.9 Å². The fourth-order valence-corrected chi connectivity index (χ4v) is 6.46. The van der Waals surface area contributed by atoms with Crippen molar-refractivity contribution in [3.63, 3.8) is 0 Å². The molecule has 2 aromatic heterocycles. The molecule has 1 amide bonds. The predicted molar refractivity (Wildman–Crippen MR) is 146 cm³/mol. The minimum absolute atomic E-state index is 0.0465. The van der Waals surface area contributed by atoms with E-state index in [1.165, 1.54) is 29.4 Å². The van der Waals surface area contributed by atoms with E-state index in [0.717, 1.165) is 11.3 Å². The fraction of sp³-hybridized carbons (Fsp3) is 0.296. The van der Waals surface area contributed by atoms with E-state index in [9.17, 15) is 14.9 Å². The van der Waals surface area contributed by atoms with Gasteiger partial charge in [-0.25, -0.2) is 0 Å². The number of amides is 1. The zero-order valence-corrected chi connectivity index (χ0v) is 22.8. The number of allylic oxidation sites excluding steroid dienone is 3. The molecular formula is C27H26N6O3S2. The van der Waals surface area contributed by atoms with E-state index in [-0.39, 0.29) is 34.3 Å². The molecule has 194 valence electrons. The Balaban J connectivity index is 1.43. The summed E-state index contributed by atoms with van der Waals surface area (Å²) < 4.78 is 6.21. The Bertz CT molecular complexity index is 1500. The molecule has 1 aliphatic heterocycles. The maximum atomic E-state index is 13.5. The molecule has 0 spiro atoms. The molecule has 0 fully saturated rings. The number of nitriles is 1. The molecule has 11 heteroatoms. The molecule has 0 saturated carbocycles. The number of furan rings is 1. The molecule has 2 aliphatic rings. The van der Waals surface area contributed by atoms with Crippen molar-refractivity contribution in [3.8, 4) is 6.07 Å². The monoisotopic (exact) mass is 546 g/mol. The second kappa shape index (κ2) is 10.1. The largest absolute Gasteiger partial charge is 0.468 e. The SMILES string of the molecule is Cc1ccc(NC(=O)CSc2nnc(N3C(N)=C(C#N)C(c4ccco4)C4=C3CC(C)(C)CC4=O)s2)cc1. The van der Waals surface area contributed by atoms with E-state index in [1.807, 2.05) is 45.0 Å². The number of thioether (sulfide) groups is 1. The number of hydrogen-bond donors (Lipinski definition) is 2. The minimum atomic E-state index is -0.669. The van der Waals surface area contributed by atoms with Crippen LogP contribution in [0.15, 0.2) is 74.1 Å². The Kier molecular flexibility index (Phi) is 6.86. The number of carbonyl (C=O) groups is 2. The van der Waals surface area contributed by atoms with Crippen molar-refractivity contribution in [1.82, 2.24) is 10.2 Å². The zero-order valence-electron chi connectivity index (χ0n) is 21.1. The third-order valence-corrected chi connectivity index (χ3v) is 8.50. The van der Waals surface area contributed by atoms with Crippen LogP contribution in [0, 0.1) is 23.7 Å². The molecule has 1 atom stereocenters. The number of nitrogens with zero attached hydrogens (tertiary/aromatic N) is 4. The number of anilines is 2. The lowest BCUT2D eigenvalue weighted by molar-refractivity contribution is -0.118. The van der Waals surface area contributed by atoms with Gasteiger partial charge in [0.1, 0.15) is 11.6 Å². The van der Waals surface area contributed by atoms with E-state index in [4.69, 9.17) is 10.2 Å². The zero-order chi connectivity index (χ0) is 27.0. The van der Waals surface area contributed by atoms with Gasteiger partial charge in [0.25, 0.3) is 0 Å². The highest BCUT2D eigenvalue weighted by atomic mass is 32.2. The number of ketones is 1. The Labute approximate surface area is 228 Å². The van der Waals surface area contributed by atoms with Crippen LogP contribution >= 0.6 is 23.1 Å². The lowest BCUT2D eigenvalue weighted by Gasteiger charge is -2.42. The van der Waals surface area contributed by atoms with Crippen LogP contribution in [-0.4, -0.2) is 27.6 Å². The molecule has 38 heavy (non-hydrogen) atoms. The normalized spacial score (nSPS) is 18.8. The number of aryl methyl sites for hydroxylation is 1. The summed E-state index contributed by atoms with van der Waals surface area (Å²) >= 11 is 2.51. The summed E-state index contributed by atoms with van der Waals surface area (Å²) in [4.78, 5) is 27.6. The molecular weight excluding hydrogens is 520 g/mol. The van der Waals surface area contributed by atoms with Crippen molar-refractivity contribution in [2.75, 3.05) is 16.0 Å². The van der Waals surface area contributed by atoms with Crippen molar-refractivity contribution in [1.29, 1.82) is 5.26 Å². The number of aromatic nitrogens is 2. The Morgan fingerprint density at radius 1 is 1.29 bits per heavy atom. The third kappa shape index (κ3) is 4.97. The molecule has 0 radical (unpaired) electrons. The third-order valence-electron chi connectivity index (χ3n) is 6.46. The Hall–Kier alpha value is -3.88. The first-order valence-electron chi connectivity index (χ1n) is 12.0. The van der Waals surface area contributed by atoms with Gasteiger partial charge in [-0.1, -0.05) is 54.6 Å². The quantitative estimate of drug-likeness (QED) is 0.404. The van der Waals surface area contributed by atoms with E-state index in [1.54, 1.807) is 17.0 Å². The van der Waals surface area contributed by atoms with Gasteiger partial charge in [0.15, 0.2) is 10.1 Å². The second-order valence-corrected chi connectivity index (χ2v) is 12.2. The summed E-state index contributed by atoms with van der Waals surface area (Å²) in [7, 11) is 0. The molecule has 1 unspecified atom stereocenters. The van der Waals surface area contributed by atoms with Crippen molar-refractivity contribution >= 4 is 45.6 Å². The van der Waals surface area contributed by atoms with Gasteiger partial charge < -0.3 is 15.5 Å². The molecule has 3 aromatic rings. The number of nitrogens with two attached hydrogens (primary N) is 1. The van der Waals surface area contributed by atoms with Crippen LogP contribution in [0.4, 0.5) is 10.8 Å². The van der Waals surface area contributed by atoms with Crippen LogP contribution in [0.3, 0.4) is 0 Å². The molecule has 3 heterocycles. The minimum Gasteiger partial charge on any atom is -0.468 e. The lowest BCUT2D eigenvalue weighted by atomic mass is 9.69. The van der Waals surface area contributed by atoms with Gasteiger partial charge in [-0.2, -0.15) is 5.26 Å². The van der Waals surface area contributed by atoms with E-state index in [0.29, 0.717) is 39.3 Å². The van der Waals surface area contributed by atoms with Gasteiger partial charge in [0.05, 0.1) is 29.6 Å². The predicted octanol–water partition coefficient (Wildman–Crippen LogP) is 5.11. The Morgan fingerprint density at radius 2 is 2.05 bits per heavy atom. The second-order valence-electron chi connectivity index (χ2n) is 10.0.